The van der Waals surface area contributed by atoms with Gasteiger partial charge < -0.3 is 14.7 Å². The fourth-order valence-electron chi connectivity index (χ4n) is 2.96. The second kappa shape index (κ2) is 8.06. The Morgan fingerprint density at radius 1 is 1.18 bits per heavy atom. The van der Waals surface area contributed by atoms with E-state index in [0.29, 0.717) is 10.0 Å². The van der Waals surface area contributed by atoms with E-state index in [2.05, 4.69) is 15.9 Å². The molecule has 1 fully saturated rings. The van der Waals surface area contributed by atoms with Gasteiger partial charge in [0.25, 0.3) is 5.91 Å². The molecule has 0 unspecified atom stereocenters. The molecule has 1 aliphatic rings. The van der Waals surface area contributed by atoms with Crippen LogP contribution in [-0.4, -0.2) is 61.9 Å². The van der Waals surface area contributed by atoms with Crippen LogP contribution in [0.2, 0.25) is 0 Å². The van der Waals surface area contributed by atoms with Gasteiger partial charge >= 0.3 is 0 Å². The Morgan fingerprint density at radius 3 is 2.43 bits per heavy atom. The van der Waals surface area contributed by atoms with Crippen LogP contribution < -0.4 is 4.74 Å². The quantitative estimate of drug-likeness (QED) is 0.738. The largest absolute Gasteiger partial charge is 0.503 e. The Kier molecular flexibility index (Phi) is 5.92. The monoisotopic (exact) mass is 472 g/mol. The minimum atomic E-state index is -3.97. The number of rotatable bonds is 4. The Labute approximate surface area is 170 Å². The second-order valence-corrected chi connectivity index (χ2v) is 8.90. The summed E-state index contributed by atoms with van der Waals surface area (Å²) in [6, 6.07) is 8.11. The molecule has 0 saturated carbocycles. The third kappa shape index (κ3) is 3.85. The number of methoxy groups -OCH3 is 1. The highest BCUT2D eigenvalue weighted by Crippen LogP contribution is 2.35. The van der Waals surface area contributed by atoms with Gasteiger partial charge in [0.1, 0.15) is 10.7 Å². The van der Waals surface area contributed by atoms with Crippen LogP contribution in [0.15, 0.2) is 45.8 Å². The fraction of sp³-hybridized carbons (Fsp3) is 0.278. The van der Waals surface area contributed by atoms with E-state index in [1.165, 1.54) is 46.6 Å². The highest BCUT2D eigenvalue weighted by atomic mass is 79.9. The molecule has 1 amide bonds. The number of hydrogen-bond acceptors (Lipinski definition) is 5. The molecule has 0 aromatic heterocycles. The number of carbonyl (C=O) groups is 1. The van der Waals surface area contributed by atoms with Crippen LogP contribution in [0.25, 0.3) is 0 Å². The number of halogens is 2. The molecule has 28 heavy (non-hydrogen) atoms. The smallest absolute Gasteiger partial charge is 0.254 e. The maximum absolute atomic E-state index is 13.9. The predicted molar refractivity (Wildman–Crippen MR) is 103 cm³/mol. The van der Waals surface area contributed by atoms with Crippen LogP contribution in [0.4, 0.5) is 4.39 Å². The standard InChI is InChI=1S/C18H18BrFN2O5S/c1-27-15-11-12(10-13(19)17(15)23)18(24)21-6-8-22(9-7-21)28(25,26)16-5-3-2-4-14(16)20/h2-5,10-11,23H,6-9H2,1H3. The maximum Gasteiger partial charge on any atom is 0.254 e. The highest BCUT2D eigenvalue weighted by Gasteiger charge is 2.32. The lowest BCUT2D eigenvalue weighted by Crippen LogP contribution is -2.50. The number of piperazine rings is 1. The molecule has 0 atom stereocenters. The molecule has 10 heteroatoms. The molecular formula is C18H18BrFN2O5S. The second-order valence-electron chi connectivity index (χ2n) is 6.14. The SMILES string of the molecule is COc1cc(C(=O)N2CCN(S(=O)(=O)c3ccccc3F)CC2)cc(Br)c1O. The number of sulfonamides is 1. The number of carbonyl (C=O) groups excluding carboxylic acids is 1. The molecule has 1 saturated heterocycles. The van der Waals surface area contributed by atoms with Crippen LogP contribution in [0.1, 0.15) is 10.4 Å². The van der Waals surface area contributed by atoms with E-state index in [0.717, 1.165) is 6.07 Å². The summed E-state index contributed by atoms with van der Waals surface area (Å²) >= 11 is 3.17. The van der Waals surface area contributed by atoms with Crippen molar-refractivity contribution in [2.24, 2.45) is 0 Å². The molecular weight excluding hydrogens is 455 g/mol. The number of aromatic hydroxyl groups is 1. The molecule has 0 radical (unpaired) electrons. The fourth-order valence-corrected chi connectivity index (χ4v) is 4.89. The van der Waals surface area contributed by atoms with Gasteiger partial charge in [0.2, 0.25) is 10.0 Å². The zero-order chi connectivity index (χ0) is 20.5. The van der Waals surface area contributed by atoms with Crippen molar-refractivity contribution in [3.05, 3.63) is 52.3 Å². The summed E-state index contributed by atoms with van der Waals surface area (Å²) in [6.07, 6.45) is 0. The molecule has 2 aromatic rings. The lowest BCUT2D eigenvalue weighted by atomic mass is 10.1. The van der Waals surface area contributed by atoms with Crippen LogP contribution in [0.5, 0.6) is 11.5 Å². The van der Waals surface area contributed by atoms with Gasteiger partial charge in [-0.3, -0.25) is 4.79 Å². The summed E-state index contributed by atoms with van der Waals surface area (Å²) < 4.78 is 45.7. The summed E-state index contributed by atoms with van der Waals surface area (Å²) in [7, 11) is -2.59. The third-order valence-corrected chi connectivity index (χ3v) is 7.01. The average molecular weight is 473 g/mol. The minimum Gasteiger partial charge on any atom is -0.503 e. The number of amides is 1. The number of hydrogen-bond donors (Lipinski definition) is 1. The first kappa shape index (κ1) is 20.6. The van der Waals surface area contributed by atoms with Gasteiger partial charge in [-0.2, -0.15) is 4.31 Å². The molecule has 150 valence electrons. The van der Waals surface area contributed by atoms with Gasteiger partial charge in [-0.25, -0.2) is 12.8 Å². The van der Waals surface area contributed by atoms with E-state index in [1.54, 1.807) is 0 Å². The van der Waals surface area contributed by atoms with Gasteiger partial charge in [-0.15, -0.1) is 0 Å². The maximum atomic E-state index is 13.9. The summed E-state index contributed by atoms with van der Waals surface area (Å²) in [5, 5.41) is 9.87. The molecule has 1 aliphatic heterocycles. The van der Waals surface area contributed by atoms with Crippen molar-refractivity contribution in [3.63, 3.8) is 0 Å². The van der Waals surface area contributed by atoms with E-state index < -0.39 is 15.8 Å². The van der Waals surface area contributed by atoms with Gasteiger partial charge in [0.05, 0.1) is 11.6 Å². The summed E-state index contributed by atoms with van der Waals surface area (Å²) in [6.45, 7) is 0.429. The number of ether oxygens (including phenoxy) is 1. The highest BCUT2D eigenvalue weighted by molar-refractivity contribution is 9.10. The first-order valence-corrected chi connectivity index (χ1v) is 10.6. The van der Waals surface area contributed by atoms with E-state index >= 15 is 0 Å². The van der Waals surface area contributed by atoms with Crippen molar-refractivity contribution in [3.8, 4) is 11.5 Å². The normalized spacial score (nSPS) is 15.5. The van der Waals surface area contributed by atoms with Gasteiger partial charge in [-0.1, -0.05) is 12.1 Å². The molecule has 1 N–H and O–H groups in total. The lowest BCUT2D eigenvalue weighted by Gasteiger charge is -2.34. The van der Waals surface area contributed by atoms with Crippen molar-refractivity contribution < 1.29 is 27.4 Å². The van der Waals surface area contributed by atoms with Crippen molar-refractivity contribution in [2.75, 3.05) is 33.3 Å². The Balaban J connectivity index is 1.75. The van der Waals surface area contributed by atoms with Gasteiger partial charge in [-0.05, 0) is 40.2 Å². The zero-order valence-electron chi connectivity index (χ0n) is 14.9. The van der Waals surface area contributed by atoms with Gasteiger partial charge in [0.15, 0.2) is 11.5 Å². The summed E-state index contributed by atoms with van der Waals surface area (Å²) in [5.74, 6) is -1.08. The third-order valence-electron chi connectivity index (χ3n) is 4.48. The number of benzene rings is 2. The molecule has 0 aliphatic carbocycles. The van der Waals surface area contributed by atoms with Gasteiger partial charge in [0, 0.05) is 31.7 Å². The first-order chi connectivity index (χ1) is 13.3. The van der Waals surface area contributed by atoms with Crippen molar-refractivity contribution in [1.29, 1.82) is 0 Å². The van der Waals surface area contributed by atoms with E-state index in [-0.39, 0.29) is 48.5 Å². The first-order valence-electron chi connectivity index (χ1n) is 8.36. The lowest BCUT2D eigenvalue weighted by molar-refractivity contribution is 0.0697. The Morgan fingerprint density at radius 2 is 1.82 bits per heavy atom. The van der Waals surface area contributed by atoms with Crippen LogP contribution in [0, 0.1) is 5.82 Å². The van der Waals surface area contributed by atoms with Crippen LogP contribution >= 0.6 is 15.9 Å². The topological polar surface area (TPSA) is 87.2 Å². The van der Waals surface area contributed by atoms with Crippen LogP contribution in [0.3, 0.4) is 0 Å². The predicted octanol–water partition coefficient (Wildman–Crippen LogP) is 2.45. The number of phenolic OH excluding ortho intramolecular Hbond substituents is 1. The average Bonchev–Trinajstić information content (AvgIpc) is 2.69. The Bertz CT molecular complexity index is 1010. The van der Waals surface area contributed by atoms with Crippen molar-refractivity contribution in [1.82, 2.24) is 9.21 Å². The molecule has 1 heterocycles. The van der Waals surface area contributed by atoms with E-state index in [9.17, 15) is 22.7 Å². The molecule has 7 nitrogen and oxygen atoms in total. The number of nitrogens with zero attached hydrogens (tertiary/aromatic N) is 2. The van der Waals surface area contributed by atoms with E-state index in [1.807, 2.05) is 0 Å². The Hall–Kier alpha value is -2.17. The van der Waals surface area contributed by atoms with Crippen molar-refractivity contribution >= 4 is 31.9 Å². The molecule has 0 spiro atoms. The summed E-state index contributed by atoms with van der Waals surface area (Å²) in [5.41, 5.74) is 0.298. The van der Waals surface area contributed by atoms with Crippen molar-refractivity contribution in [2.45, 2.75) is 4.90 Å². The molecule has 3 rings (SSSR count). The van der Waals surface area contributed by atoms with E-state index in [4.69, 9.17) is 4.74 Å². The number of phenols is 1. The van der Waals surface area contributed by atoms with Crippen LogP contribution in [-0.2, 0) is 10.0 Å². The molecule has 2 aromatic carbocycles. The minimum absolute atomic E-state index is 0.0544. The summed E-state index contributed by atoms with van der Waals surface area (Å²) in [4.78, 5) is 13.9. The molecule has 0 bridgehead atoms. The zero-order valence-corrected chi connectivity index (χ0v) is 17.3.